The molecule has 7 nitrogen and oxygen atoms in total. The first-order valence-electron chi connectivity index (χ1n) is 3.68. The number of benzene rings is 1. The van der Waals surface area contributed by atoms with E-state index in [0.717, 1.165) is 0 Å². The fourth-order valence-electron chi connectivity index (χ4n) is 0.932. The Kier molecular flexibility index (Phi) is 1.90. The summed E-state index contributed by atoms with van der Waals surface area (Å²) in [5.41, 5.74) is 0. The van der Waals surface area contributed by atoms with Gasteiger partial charge in [0.25, 0.3) is 0 Å². The molecule has 2 aromatic rings. The van der Waals surface area contributed by atoms with E-state index in [4.69, 9.17) is 14.9 Å². The molecule has 72 valence electrons. The lowest BCUT2D eigenvalue weighted by atomic mass is 10.3. The van der Waals surface area contributed by atoms with Gasteiger partial charge >= 0.3 is 6.01 Å². The predicted molar refractivity (Wildman–Crippen MR) is 44.0 cm³/mol. The number of nitrogens with zero attached hydrogens (tertiary/aromatic N) is 3. The van der Waals surface area contributed by atoms with Crippen molar-refractivity contribution >= 4 is 0 Å². The fourth-order valence-corrected chi connectivity index (χ4v) is 0.932. The van der Waals surface area contributed by atoms with E-state index in [1.807, 2.05) is 0 Å². The van der Waals surface area contributed by atoms with E-state index in [-0.39, 0.29) is 23.3 Å². The Bertz CT molecular complexity index is 408. The van der Waals surface area contributed by atoms with Crippen molar-refractivity contribution in [3.05, 3.63) is 18.2 Å². The summed E-state index contributed by atoms with van der Waals surface area (Å²) >= 11 is 0. The van der Waals surface area contributed by atoms with E-state index >= 15 is 0 Å². The first-order chi connectivity index (χ1) is 6.74. The SMILES string of the molecule is Oc1cc(O)cc(Oc2nnn[nH]2)c1. The minimum atomic E-state index is -0.104. The average Bonchev–Trinajstić information content (AvgIpc) is 2.54. The van der Waals surface area contributed by atoms with Crippen LogP contribution in [0.2, 0.25) is 0 Å². The van der Waals surface area contributed by atoms with E-state index < -0.39 is 0 Å². The number of aromatic nitrogens is 4. The van der Waals surface area contributed by atoms with Crippen LogP contribution in [-0.2, 0) is 0 Å². The standard InChI is InChI=1S/C7H6N4O3/c12-4-1-5(13)3-6(2-4)14-7-8-10-11-9-7/h1-3,12-13H,(H,8,9,10,11). The van der Waals surface area contributed by atoms with Gasteiger partial charge in [-0.3, -0.25) is 0 Å². The van der Waals surface area contributed by atoms with Crippen LogP contribution in [0.25, 0.3) is 0 Å². The maximum Gasteiger partial charge on any atom is 0.338 e. The third kappa shape index (κ3) is 1.71. The van der Waals surface area contributed by atoms with Gasteiger partial charge in [-0.25, -0.2) is 5.10 Å². The van der Waals surface area contributed by atoms with Crippen molar-refractivity contribution in [1.82, 2.24) is 20.6 Å². The second kappa shape index (κ2) is 3.21. The normalized spacial score (nSPS) is 10.0. The minimum absolute atomic E-state index is 0.0787. The first kappa shape index (κ1) is 8.30. The van der Waals surface area contributed by atoms with Gasteiger partial charge in [-0.2, -0.15) is 0 Å². The van der Waals surface area contributed by atoms with E-state index in [1.165, 1.54) is 18.2 Å². The van der Waals surface area contributed by atoms with Gasteiger partial charge in [-0.1, -0.05) is 5.10 Å². The molecule has 2 rings (SSSR count). The molecule has 1 aromatic heterocycles. The quantitative estimate of drug-likeness (QED) is 0.639. The lowest BCUT2D eigenvalue weighted by molar-refractivity contribution is 0.417. The molecule has 0 aliphatic heterocycles. The molecule has 14 heavy (non-hydrogen) atoms. The second-order valence-electron chi connectivity index (χ2n) is 2.49. The Labute approximate surface area is 78.0 Å². The zero-order valence-corrected chi connectivity index (χ0v) is 6.88. The smallest absolute Gasteiger partial charge is 0.338 e. The molecule has 7 heteroatoms. The van der Waals surface area contributed by atoms with Gasteiger partial charge in [-0.05, 0) is 10.4 Å². The van der Waals surface area contributed by atoms with Crippen LogP contribution >= 0.6 is 0 Å². The van der Waals surface area contributed by atoms with Crippen molar-refractivity contribution in [2.45, 2.75) is 0 Å². The lowest BCUT2D eigenvalue weighted by Gasteiger charge is -2.01. The highest BCUT2D eigenvalue weighted by molar-refractivity contribution is 5.41. The van der Waals surface area contributed by atoms with Gasteiger partial charge in [0.1, 0.15) is 17.2 Å². The summed E-state index contributed by atoms with van der Waals surface area (Å²) in [6.45, 7) is 0. The number of aromatic amines is 1. The highest BCUT2D eigenvalue weighted by Gasteiger charge is 2.03. The van der Waals surface area contributed by atoms with Gasteiger partial charge < -0.3 is 14.9 Å². The van der Waals surface area contributed by atoms with Crippen molar-refractivity contribution in [2.75, 3.05) is 0 Å². The Morgan fingerprint density at radius 3 is 2.43 bits per heavy atom. The van der Waals surface area contributed by atoms with E-state index in [9.17, 15) is 0 Å². The molecule has 0 unspecified atom stereocenters. The summed E-state index contributed by atoms with van der Waals surface area (Å²) in [6.07, 6.45) is 0. The van der Waals surface area contributed by atoms with E-state index in [1.54, 1.807) is 0 Å². The zero-order valence-electron chi connectivity index (χ0n) is 6.88. The molecular formula is C7H6N4O3. The topological polar surface area (TPSA) is 104 Å². The monoisotopic (exact) mass is 194 g/mol. The Hall–Kier alpha value is -2.31. The van der Waals surface area contributed by atoms with Crippen LogP contribution in [0.5, 0.6) is 23.3 Å². The summed E-state index contributed by atoms with van der Waals surface area (Å²) in [5, 5.41) is 30.7. The number of rotatable bonds is 2. The number of aromatic hydroxyl groups is 2. The molecule has 3 N–H and O–H groups in total. The highest BCUT2D eigenvalue weighted by atomic mass is 16.5. The maximum absolute atomic E-state index is 9.12. The van der Waals surface area contributed by atoms with Gasteiger partial charge in [0.05, 0.1) is 0 Å². The van der Waals surface area contributed by atoms with Crippen LogP contribution in [0.3, 0.4) is 0 Å². The van der Waals surface area contributed by atoms with Crippen molar-refractivity contribution in [2.24, 2.45) is 0 Å². The molecule has 0 aliphatic carbocycles. The largest absolute Gasteiger partial charge is 0.508 e. The van der Waals surface area contributed by atoms with Crippen molar-refractivity contribution in [3.8, 4) is 23.3 Å². The molecule has 0 spiro atoms. The molecule has 0 aliphatic rings. The van der Waals surface area contributed by atoms with Crippen LogP contribution in [0.1, 0.15) is 0 Å². The number of phenols is 2. The molecule has 0 saturated carbocycles. The predicted octanol–water partition coefficient (Wildman–Crippen LogP) is 0.403. The van der Waals surface area contributed by atoms with Gasteiger partial charge in [0.15, 0.2) is 0 Å². The zero-order chi connectivity index (χ0) is 9.97. The highest BCUT2D eigenvalue weighted by Crippen LogP contribution is 2.27. The van der Waals surface area contributed by atoms with Crippen molar-refractivity contribution in [3.63, 3.8) is 0 Å². The minimum Gasteiger partial charge on any atom is -0.508 e. The van der Waals surface area contributed by atoms with Crippen LogP contribution < -0.4 is 4.74 Å². The number of tetrazole rings is 1. The second-order valence-corrected chi connectivity index (χ2v) is 2.49. The summed E-state index contributed by atoms with van der Waals surface area (Å²) < 4.78 is 5.07. The third-order valence-corrected chi connectivity index (χ3v) is 1.42. The maximum atomic E-state index is 9.12. The molecule has 0 fully saturated rings. The molecule has 1 heterocycles. The van der Waals surface area contributed by atoms with Gasteiger partial charge in [0, 0.05) is 18.2 Å². The van der Waals surface area contributed by atoms with E-state index in [0.29, 0.717) is 0 Å². The Balaban J connectivity index is 2.25. The van der Waals surface area contributed by atoms with Gasteiger partial charge in [-0.15, -0.1) is 0 Å². The number of nitrogens with one attached hydrogen (secondary N) is 1. The molecule has 0 radical (unpaired) electrons. The summed E-state index contributed by atoms with van der Waals surface area (Å²) in [6, 6.07) is 3.91. The summed E-state index contributed by atoms with van der Waals surface area (Å²) in [4.78, 5) is 0. The molecule has 0 bridgehead atoms. The fraction of sp³-hybridized carbons (Fsp3) is 0. The van der Waals surface area contributed by atoms with Crippen molar-refractivity contribution in [1.29, 1.82) is 0 Å². The van der Waals surface area contributed by atoms with Crippen LogP contribution in [-0.4, -0.2) is 30.8 Å². The number of hydrogen-bond acceptors (Lipinski definition) is 6. The van der Waals surface area contributed by atoms with Crippen LogP contribution in [0.15, 0.2) is 18.2 Å². The van der Waals surface area contributed by atoms with Crippen LogP contribution in [0.4, 0.5) is 0 Å². The molecule has 0 amide bonds. The molecular weight excluding hydrogens is 188 g/mol. The van der Waals surface area contributed by atoms with Gasteiger partial charge in [0.2, 0.25) is 0 Å². The Morgan fingerprint density at radius 1 is 1.14 bits per heavy atom. The van der Waals surface area contributed by atoms with Crippen molar-refractivity contribution < 1.29 is 14.9 Å². The molecule has 0 atom stereocenters. The average molecular weight is 194 g/mol. The number of hydrogen-bond donors (Lipinski definition) is 3. The number of H-pyrrole nitrogens is 1. The molecule has 0 saturated heterocycles. The number of ether oxygens (including phenoxy) is 1. The van der Waals surface area contributed by atoms with Crippen LogP contribution in [0, 0.1) is 0 Å². The molecule has 1 aromatic carbocycles. The first-order valence-corrected chi connectivity index (χ1v) is 3.68. The number of phenolic OH excluding ortho intramolecular Hbond substituents is 2. The lowest BCUT2D eigenvalue weighted by Crippen LogP contribution is -1.86. The van der Waals surface area contributed by atoms with E-state index in [2.05, 4.69) is 20.6 Å². The summed E-state index contributed by atoms with van der Waals surface area (Å²) in [5.74, 6) is 0.0287. The Morgan fingerprint density at radius 2 is 1.86 bits per heavy atom. The third-order valence-electron chi connectivity index (χ3n) is 1.42. The summed E-state index contributed by atoms with van der Waals surface area (Å²) in [7, 11) is 0.